The second kappa shape index (κ2) is 7.89. The Morgan fingerprint density at radius 2 is 1.88 bits per heavy atom. The fraction of sp³-hybridized carbons (Fsp3) is 0.214. The van der Waals surface area contributed by atoms with Crippen LogP contribution < -0.4 is 0 Å². The number of nitrogens with zero attached hydrogens (tertiary/aromatic N) is 1. The van der Waals surface area contributed by atoms with E-state index in [-0.39, 0.29) is 0 Å². The van der Waals surface area contributed by atoms with E-state index in [1.54, 1.807) is 6.08 Å². The molecule has 0 aliphatic heterocycles. The number of benzene rings is 1. The van der Waals surface area contributed by atoms with Crippen molar-refractivity contribution in [2.24, 2.45) is 4.99 Å². The molecule has 0 spiro atoms. The number of halogens is 1. The van der Waals surface area contributed by atoms with Crippen LogP contribution in [0.1, 0.15) is 26.3 Å². The summed E-state index contributed by atoms with van der Waals surface area (Å²) in [5.74, 6) is 0. The molecule has 0 saturated carbocycles. The summed E-state index contributed by atoms with van der Waals surface area (Å²) in [5.41, 5.74) is 2.69. The maximum absolute atomic E-state index is 6.05. The molecule has 1 nitrogen and oxygen atoms in total. The van der Waals surface area contributed by atoms with Crippen LogP contribution in [0.4, 0.5) is 0 Å². The zero-order chi connectivity index (χ0) is 12.6. The van der Waals surface area contributed by atoms with Gasteiger partial charge in [-0.1, -0.05) is 56.3 Å². The minimum atomic E-state index is 0.699. The highest BCUT2D eigenvalue weighted by Gasteiger charge is 2.04. The molecule has 0 amide bonds. The quantitative estimate of drug-likeness (QED) is 0.517. The zero-order valence-electron chi connectivity index (χ0n) is 10.1. The number of hydrogen-bond acceptors (Lipinski definition) is 1. The van der Waals surface area contributed by atoms with Gasteiger partial charge in [0.1, 0.15) is 0 Å². The Bertz CT molecular complexity index is 391. The van der Waals surface area contributed by atoms with E-state index in [2.05, 4.69) is 18.3 Å². The van der Waals surface area contributed by atoms with Crippen molar-refractivity contribution >= 4 is 23.9 Å². The monoisotopic (exact) mass is 235 g/mol. The molecule has 1 rings (SSSR count). The Labute approximate surface area is 103 Å². The summed E-state index contributed by atoms with van der Waals surface area (Å²) in [6, 6.07) is 7.61. The van der Waals surface area contributed by atoms with E-state index in [0.717, 1.165) is 16.8 Å². The molecule has 0 fully saturated rings. The van der Waals surface area contributed by atoms with Gasteiger partial charge in [-0.3, -0.25) is 4.99 Å². The minimum absolute atomic E-state index is 0.699. The van der Waals surface area contributed by atoms with Gasteiger partial charge in [0.2, 0.25) is 0 Å². The van der Waals surface area contributed by atoms with E-state index in [9.17, 15) is 0 Å². The van der Waals surface area contributed by atoms with E-state index < -0.39 is 0 Å². The van der Waals surface area contributed by atoms with Gasteiger partial charge in [-0.2, -0.15) is 0 Å². The molecule has 0 bridgehead atoms. The summed E-state index contributed by atoms with van der Waals surface area (Å²) in [5, 5.41) is 0.699. The molecule has 0 atom stereocenters. The first kappa shape index (κ1) is 14.7. The van der Waals surface area contributed by atoms with E-state index in [1.807, 2.05) is 45.0 Å². The van der Waals surface area contributed by atoms with Gasteiger partial charge in [0.25, 0.3) is 0 Å². The molecule has 0 aliphatic rings. The van der Waals surface area contributed by atoms with Crippen molar-refractivity contribution in [3.05, 3.63) is 53.2 Å². The number of allylic oxidation sites excluding steroid dienone is 3. The Morgan fingerprint density at radius 1 is 1.31 bits per heavy atom. The number of aliphatic imine (C=N–C) groups is 1. The second-order valence-electron chi connectivity index (χ2n) is 2.84. The van der Waals surface area contributed by atoms with Gasteiger partial charge in [0.15, 0.2) is 0 Å². The SMILES string of the molecule is C=C/C(=C(/C)N=C)c1ccccc1Cl.CC. The lowest BCUT2D eigenvalue weighted by Gasteiger charge is -2.06. The molecular weight excluding hydrogens is 218 g/mol. The topological polar surface area (TPSA) is 12.4 Å². The highest BCUT2D eigenvalue weighted by atomic mass is 35.5. The molecule has 86 valence electrons. The lowest BCUT2D eigenvalue weighted by Crippen LogP contribution is -1.85. The Balaban J connectivity index is 0.00000106. The summed E-state index contributed by atoms with van der Waals surface area (Å²) >= 11 is 6.05. The van der Waals surface area contributed by atoms with Crippen molar-refractivity contribution in [3.8, 4) is 0 Å². The van der Waals surface area contributed by atoms with Crippen molar-refractivity contribution in [2.45, 2.75) is 20.8 Å². The summed E-state index contributed by atoms with van der Waals surface area (Å²) in [4.78, 5) is 3.88. The normalized spacial score (nSPS) is 10.8. The number of rotatable bonds is 3. The Hall–Kier alpha value is -1.34. The van der Waals surface area contributed by atoms with Crippen LogP contribution in [0.3, 0.4) is 0 Å². The number of hydrogen-bond donors (Lipinski definition) is 0. The van der Waals surface area contributed by atoms with Crippen LogP contribution in [0.25, 0.3) is 5.57 Å². The van der Waals surface area contributed by atoms with Gasteiger partial charge >= 0.3 is 0 Å². The van der Waals surface area contributed by atoms with E-state index in [4.69, 9.17) is 11.6 Å². The Kier molecular flexibility index (Phi) is 7.23. The standard InChI is InChI=1S/C12H12ClN.C2H6/c1-4-10(9(2)14-3)11-7-5-6-8-12(11)13;1-2/h4-8H,1,3H2,2H3;1-2H3/b10-9+;. The molecule has 1 aromatic carbocycles. The predicted octanol–water partition coefficient (Wildman–Crippen LogP) is 4.98. The first-order chi connectivity index (χ1) is 7.70. The van der Waals surface area contributed by atoms with E-state index in [0.29, 0.717) is 5.02 Å². The molecule has 0 heterocycles. The molecule has 16 heavy (non-hydrogen) atoms. The summed E-state index contributed by atoms with van der Waals surface area (Å²) < 4.78 is 0. The molecular formula is C14H18ClN. The summed E-state index contributed by atoms with van der Waals surface area (Å²) in [7, 11) is 0. The molecule has 0 N–H and O–H groups in total. The van der Waals surface area contributed by atoms with Crippen molar-refractivity contribution in [1.29, 1.82) is 0 Å². The summed E-state index contributed by atoms with van der Waals surface area (Å²) in [6.07, 6.45) is 1.74. The van der Waals surface area contributed by atoms with Gasteiger partial charge in [0.05, 0.1) is 0 Å². The molecule has 1 aromatic rings. The van der Waals surface area contributed by atoms with Crippen molar-refractivity contribution in [1.82, 2.24) is 0 Å². The predicted molar refractivity (Wildman–Crippen MR) is 75.1 cm³/mol. The van der Waals surface area contributed by atoms with Gasteiger partial charge in [-0.05, 0) is 19.7 Å². The van der Waals surface area contributed by atoms with Gasteiger partial charge in [-0.25, -0.2) is 0 Å². The third-order valence-corrected chi connectivity index (χ3v) is 2.32. The third-order valence-electron chi connectivity index (χ3n) is 2.00. The fourth-order valence-electron chi connectivity index (χ4n) is 1.22. The van der Waals surface area contributed by atoms with Crippen LogP contribution in [0, 0.1) is 0 Å². The maximum Gasteiger partial charge on any atom is 0.0485 e. The first-order valence-electron chi connectivity index (χ1n) is 5.25. The smallest absolute Gasteiger partial charge is 0.0485 e. The third kappa shape index (κ3) is 3.67. The van der Waals surface area contributed by atoms with E-state index in [1.165, 1.54) is 0 Å². The lowest BCUT2D eigenvalue weighted by atomic mass is 10.0. The molecule has 0 aliphatic carbocycles. The van der Waals surface area contributed by atoms with Crippen LogP contribution in [0.2, 0.25) is 5.02 Å². The van der Waals surface area contributed by atoms with Gasteiger partial charge < -0.3 is 0 Å². The van der Waals surface area contributed by atoms with Crippen molar-refractivity contribution < 1.29 is 0 Å². The zero-order valence-corrected chi connectivity index (χ0v) is 10.9. The largest absolute Gasteiger partial charge is 0.269 e. The Morgan fingerprint density at radius 3 is 2.31 bits per heavy atom. The average molecular weight is 236 g/mol. The molecule has 0 radical (unpaired) electrons. The van der Waals surface area contributed by atoms with Gasteiger partial charge in [0, 0.05) is 21.9 Å². The van der Waals surface area contributed by atoms with Crippen molar-refractivity contribution in [2.75, 3.05) is 0 Å². The molecule has 2 heteroatoms. The van der Waals surface area contributed by atoms with Gasteiger partial charge in [-0.15, -0.1) is 0 Å². The highest BCUT2D eigenvalue weighted by Crippen LogP contribution is 2.26. The minimum Gasteiger partial charge on any atom is -0.269 e. The fourth-order valence-corrected chi connectivity index (χ4v) is 1.45. The van der Waals surface area contributed by atoms with Crippen LogP contribution in [-0.4, -0.2) is 6.72 Å². The van der Waals surface area contributed by atoms with Crippen LogP contribution in [0.5, 0.6) is 0 Å². The molecule has 0 unspecified atom stereocenters. The highest BCUT2D eigenvalue weighted by molar-refractivity contribution is 6.32. The van der Waals surface area contributed by atoms with Crippen molar-refractivity contribution in [3.63, 3.8) is 0 Å². The van der Waals surface area contributed by atoms with Crippen LogP contribution >= 0.6 is 11.6 Å². The molecule has 0 aromatic heterocycles. The van der Waals surface area contributed by atoms with Crippen LogP contribution in [0.15, 0.2) is 47.6 Å². The first-order valence-corrected chi connectivity index (χ1v) is 5.63. The van der Waals surface area contributed by atoms with E-state index >= 15 is 0 Å². The lowest BCUT2D eigenvalue weighted by molar-refractivity contribution is 1.33. The maximum atomic E-state index is 6.05. The second-order valence-corrected chi connectivity index (χ2v) is 3.25. The average Bonchev–Trinajstić information content (AvgIpc) is 2.34. The van der Waals surface area contributed by atoms with Crippen LogP contribution in [-0.2, 0) is 0 Å². The summed E-state index contributed by atoms with van der Waals surface area (Å²) in [6.45, 7) is 13.1. The molecule has 0 saturated heterocycles.